The van der Waals surface area contributed by atoms with Crippen molar-refractivity contribution in [2.75, 3.05) is 5.32 Å². The molecule has 0 spiro atoms. The molecule has 0 radical (unpaired) electrons. The lowest BCUT2D eigenvalue weighted by molar-refractivity contribution is -0.115. The Labute approximate surface area is 179 Å². The van der Waals surface area contributed by atoms with Gasteiger partial charge in [-0.1, -0.05) is 77.5 Å². The highest BCUT2D eigenvalue weighted by atomic mass is 32.2. The first kappa shape index (κ1) is 19.8. The number of hydrogen-bond donors (Lipinski definition) is 1. The van der Waals surface area contributed by atoms with Crippen LogP contribution < -0.4 is 5.32 Å². The lowest BCUT2D eigenvalue weighted by Crippen LogP contribution is -2.19. The van der Waals surface area contributed by atoms with Crippen molar-refractivity contribution in [2.24, 2.45) is 0 Å². The summed E-state index contributed by atoms with van der Waals surface area (Å²) in [6, 6.07) is 25.3. The van der Waals surface area contributed by atoms with Gasteiger partial charge < -0.3 is 5.32 Å². The highest BCUT2D eigenvalue weighted by molar-refractivity contribution is 8.00. The van der Waals surface area contributed by atoms with Crippen molar-refractivity contribution in [1.82, 2.24) is 20.2 Å². The summed E-state index contributed by atoms with van der Waals surface area (Å²) in [6.07, 6.45) is 0. The van der Waals surface area contributed by atoms with Gasteiger partial charge in [-0.3, -0.25) is 4.79 Å². The molecule has 3 aromatic carbocycles. The fourth-order valence-corrected chi connectivity index (χ4v) is 3.95. The van der Waals surface area contributed by atoms with Crippen LogP contribution in [0.1, 0.15) is 21.9 Å². The van der Waals surface area contributed by atoms with E-state index in [1.165, 1.54) is 11.8 Å². The number of nitrogens with zero attached hydrogens (tertiary/aromatic N) is 4. The van der Waals surface area contributed by atoms with Gasteiger partial charge in [0.05, 0.1) is 5.69 Å². The molecule has 0 aliphatic rings. The Balaban J connectivity index is 1.63. The third-order valence-electron chi connectivity index (χ3n) is 4.60. The standard InChI is InChI=1S/C23H21N5OS/c1-16-8-12-19(13-9-16)24-22(29)21(18-6-4-3-5-7-18)30-23-25-26-27-28(23)20-14-10-17(2)11-15-20/h3-15,21H,1-2H3,(H,24,29). The summed E-state index contributed by atoms with van der Waals surface area (Å²) in [7, 11) is 0. The van der Waals surface area contributed by atoms with Crippen LogP contribution >= 0.6 is 11.8 Å². The molecule has 0 saturated carbocycles. The number of amides is 1. The highest BCUT2D eigenvalue weighted by Gasteiger charge is 2.25. The van der Waals surface area contributed by atoms with Gasteiger partial charge in [-0.05, 0) is 54.1 Å². The number of nitrogens with one attached hydrogen (secondary N) is 1. The predicted molar refractivity (Wildman–Crippen MR) is 119 cm³/mol. The Morgan fingerprint density at radius 2 is 1.53 bits per heavy atom. The zero-order chi connectivity index (χ0) is 20.9. The van der Waals surface area contributed by atoms with Crippen LogP contribution in [0.25, 0.3) is 5.69 Å². The number of thioether (sulfide) groups is 1. The van der Waals surface area contributed by atoms with Crippen LogP contribution in [0.4, 0.5) is 5.69 Å². The van der Waals surface area contributed by atoms with Gasteiger partial charge in [-0.15, -0.1) is 5.10 Å². The van der Waals surface area contributed by atoms with Crippen LogP contribution in [0.5, 0.6) is 0 Å². The fourth-order valence-electron chi connectivity index (χ4n) is 2.95. The van der Waals surface area contributed by atoms with Crippen LogP contribution in [0.3, 0.4) is 0 Å². The minimum absolute atomic E-state index is 0.131. The van der Waals surface area contributed by atoms with Gasteiger partial charge in [0.15, 0.2) is 0 Å². The first-order valence-electron chi connectivity index (χ1n) is 9.55. The number of tetrazole rings is 1. The molecule has 1 N–H and O–H groups in total. The average molecular weight is 416 g/mol. The van der Waals surface area contributed by atoms with Gasteiger partial charge in [0.1, 0.15) is 5.25 Å². The van der Waals surface area contributed by atoms with Crippen LogP contribution in [-0.2, 0) is 4.79 Å². The number of carbonyl (C=O) groups excluding carboxylic acids is 1. The Morgan fingerprint density at radius 3 is 2.20 bits per heavy atom. The van der Waals surface area contributed by atoms with Crippen molar-refractivity contribution in [2.45, 2.75) is 24.3 Å². The highest BCUT2D eigenvalue weighted by Crippen LogP contribution is 2.35. The SMILES string of the molecule is Cc1ccc(NC(=O)C(Sc2nnnn2-c2ccc(C)cc2)c2ccccc2)cc1. The lowest BCUT2D eigenvalue weighted by atomic mass is 10.1. The van der Waals surface area contributed by atoms with Gasteiger partial charge in [0.2, 0.25) is 11.1 Å². The second-order valence-corrected chi connectivity index (χ2v) is 8.04. The third kappa shape index (κ3) is 4.58. The number of aromatic nitrogens is 4. The van der Waals surface area contributed by atoms with Gasteiger partial charge in [-0.25, -0.2) is 0 Å². The molecule has 0 aliphatic carbocycles. The van der Waals surface area contributed by atoms with Gasteiger partial charge in [-0.2, -0.15) is 4.68 Å². The van der Waals surface area contributed by atoms with E-state index >= 15 is 0 Å². The summed E-state index contributed by atoms with van der Waals surface area (Å²) in [5.74, 6) is -0.131. The third-order valence-corrected chi connectivity index (χ3v) is 5.79. The summed E-state index contributed by atoms with van der Waals surface area (Å²) in [4.78, 5) is 13.2. The second-order valence-electron chi connectivity index (χ2n) is 6.97. The molecule has 1 unspecified atom stereocenters. The summed E-state index contributed by atoms with van der Waals surface area (Å²) in [5, 5.41) is 15.2. The predicted octanol–water partition coefficient (Wildman–Crippen LogP) is 4.75. The van der Waals surface area contributed by atoms with Crippen LogP contribution in [-0.4, -0.2) is 26.1 Å². The molecule has 30 heavy (non-hydrogen) atoms. The largest absolute Gasteiger partial charge is 0.325 e. The van der Waals surface area contributed by atoms with Crippen molar-refractivity contribution in [1.29, 1.82) is 0 Å². The van der Waals surface area contributed by atoms with E-state index in [2.05, 4.69) is 20.8 Å². The molecule has 1 atom stereocenters. The Bertz CT molecular complexity index is 1120. The van der Waals surface area contributed by atoms with Crippen molar-refractivity contribution < 1.29 is 4.79 Å². The summed E-state index contributed by atoms with van der Waals surface area (Å²) in [6.45, 7) is 4.04. The van der Waals surface area contributed by atoms with E-state index in [0.29, 0.717) is 5.16 Å². The molecule has 1 heterocycles. The first-order valence-corrected chi connectivity index (χ1v) is 10.4. The molecule has 0 saturated heterocycles. The zero-order valence-corrected chi connectivity index (χ0v) is 17.5. The number of hydrogen-bond acceptors (Lipinski definition) is 5. The number of rotatable bonds is 6. The molecule has 6 nitrogen and oxygen atoms in total. The number of aryl methyl sites for hydroxylation is 2. The van der Waals surface area contributed by atoms with Crippen molar-refractivity contribution in [3.8, 4) is 5.69 Å². The Morgan fingerprint density at radius 1 is 0.900 bits per heavy atom. The molecule has 1 aromatic heterocycles. The monoisotopic (exact) mass is 415 g/mol. The zero-order valence-electron chi connectivity index (χ0n) is 16.7. The Hall–Kier alpha value is -3.45. The lowest BCUT2D eigenvalue weighted by Gasteiger charge is -2.16. The van der Waals surface area contributed by atoms with E-state index in [0.717, 1.165) is 28.1 Å². The minimum Gasteiger partial charge on any atom is -0.325 e. The van der Waals surface area contributed by atoms with E-state index in [1.54, 1.807) is 4.68 Å². The molecule has 4 aromatic rings. The molecule has 150 valence electrons. The molecular weight excluding hydrogens is 394 g/mol. The molecular formula is C23H21N5OS. The van der Waals surface area contributed by atoms with Crippen molar-refractivity contribution in [3.63, 3.8) is 0 Å². The van der Waals surface area contributed by atoms with Crippen LogP contribution in [0, 0.1) is 13.8 Å². The molecule has 1 amide bonds. The van der Waals surface area contributed by atoms with E-state index < -0.39 is 5.25 Å². The van der Waals surface area contributed by atoms with Gasteiger partial charge in [0, 0.05) is 5.69 Å². The topological polar surface area (TPSA) is 72.7 Å². The number of anilines is 1. The molecule has 0 aliphatic heterocycles. The van der Waals surface area contributed by atoms with Gasteiger partial charge in [0.25, 0.3) is 0 Å². The van der Waals surface area contributed by atoms with Crippen LogP contribution in [0.2, 0.25) is 0 Å². The maximum absolute atomic E-state index is 13.2. The first-order chi connectivity index (χ1) is 14.6. The Kier molecular flexibility index (Phi) is 5.90. The maximum atomic E-state index is 13.2. The molecule has 0 fully saturated rings. The maximum Gasteiger partial charge on any atom is 0.242 e. The average Bonchev–Trinajstić information content (AvgIpc) is 3.23. The number of carbonyl (C=O) groups is 1. The fraction of sp³-hybridized carbons (Fsp3) is 0.130. The smallest absolute Gasteiger partial charge is 0.242 e. The molecule has 7 heteroatoms. The summed E-state index contributed by atoms with van der Waals surface area (Å²) >= 11 is 1.32. The van der Waals surface area contributed by atoms with E-state index in [1.807, 2.05) is 92.7 Å². The van der Waals surface area contributed by atoms with Crippen molar-refractivity contribution in [3.05, 3.63) is 95.6 Å². The van der Waals surface area contributed by atoms with E-state index in [4.69, 9.17) is 0 Å². The molecule has 0 bridgehead atoms. The van der Waals surface area contributed by atoms with E-state index in [9.17, 15) is 4.79 Å². The quantitative estimate of drug-likeness (QED) is 0.460. The minimum atomic E-state index is -0.511. The van der Waals surface area contributed by atoms with E-state index in [-0.39, 0.29) is 5.91 Å². The number of benzene rings is 3. The summed E-state index contributed by atoms with van der Waals surface area (Å²) < 4.78 is 1.65. The van der Waals surface area contributed by atoms with Crippen LogP contribution in [0.15, 0.2) is 84.0 Å². The van der Waals surface area contributed by atoms with Crippen molar-refractivity contribution >= 4 is 23.4 Å². The second kappa shape index (κ2) is 8.92. The van der Waals surface area contributed by atoms with Gasteiger partial charge >= 0.3 is 0 Å². The summed E-state index contributed by atoms with van der Waals surface area (Å²) in [5.41, 5.74) is 4.77. The normalized spacial score (nSPS) is 11.8. The molecule has 4 rings (SSSR count).